The Bertz CT molecular complexity index is 376. The van der Waals surface area contributed by atoms with Crippen LogP contribution in [-0.2, 0) is 14.4 Å². The normalized spacial score (nSPS) is 19.5. The van der Waals surface area contributed by atoms with E-state index < -0.39 is 29.1 Å². The average Bonchev–Trinajstić information content (AvgIpc) is 2.83. The fourth-order valence-electron chi connectivity index (χ4n) is 2.42. The van der Waals surface area contributed by atoms with Crippen LogP contribution in [0.1, 0.15) is 52.9 Å². The number of aliphatic carboxylic acids is 1. The van der Waals surface area contributed by atoms with Gasteiger partial charge in [-0.2, -0.15) is 0 Å². The van der Waals surface area contributed by atoms with Crippen LogP contribution in [0.25, 0.3) is 0 Å². The Kier molecular flexibility index (Phi) is 5.09. The number of carbonyl (C=O) groups excluding carboxylic acids is 2. The molecule has 1 aliphatic heterocycles. The molecule has 1 rings (SSSR count). The monoisotopic (exact) mass is 269 g/mol. The minimum Gasteiger partial charge on any atom is -0.480 e. The van der Waals surface area contributed by atoms with Gasteiger partial charge in [0.1, 0.15) is 6.04 Å². The summed E-state index contributed by atoms with van der Waals surface area (Å²) < 4.78 is 0. The highest BCUT2D eigenvalue weighted by Crippen LogP contribution is 2.27. The van der Waals surface area contributed by atoms with Crippen LogP contribution in [0.2, 0.25) is 0 Å². The summed E-state index contributed by atoms with van der Waals surface area (Å²) in [6.45, 7) is 5.91. The van der Waals surface area contributed by atoms with Crippen molar-refractivity contribution in [1.82, 2.24) is 4.90 Å². The number of rotatable bonds is 6. The number of carbonyl (C=O) groups is 3. The van der Waals surface area contributed by atoms with Gasteiger partial charge in [-0.1, -0.05) is 33.6 Å². The van der Waals surface area contributed by atoms with E-state index in [0.717, 1.165) is 12.8 Å². The van der Waals surface area contributed by atoms with E-state index in [0.29, 0.717) is 25.8 Å². The Balaban J connectivity index is 2.76. The van der Waals surface area contributed by atoms with Gasteiger partial charge in [0.25, 0.3) is 5.91 Å². The molecular weight excluding hydrogens is 246 g/mol. The maximum atomic E-state index is 12.2. The van der Waals surface area contributed by atoms with Crippen LogP contribution in [0.3, 0.4) is 0 Å². The molecule has 1 saturated heterocycles. The number of nitrogens with zero attached hydrogens (tertiary/aromatic N) is 1. The molecule has 5 nitrogen and oxygen atoms in total. The van der Waals surface area contributed by atoms with Crippen molar-refractivity contribution in [2.75, 3.05) is 6.54 Å². The first-order valence-corrected chi connectivity index (χ1v) is 6.89. The van der Waals surface area contributed by atoms with Gasteiger partial charge < -0.3 is 10.0 Å². The Morgan fingerprint density at radius 3 is 2.47 bits per heavy atom. The zero-order chi connectivity index (χ0) is 14.6. The lowest BCUT2D eigenvalue weighted by Crippen LogP contribution is -2.47. The standard InChI is InChI=1S/C14H23NO4/c1-4-5-8-14(2,3)11(16)12(17)15-9-6-7-10(15)13(18)19/h10H,4-9H2,1-3H3,(H,18,19). The van der Waals surface area contributed by atoms with E-state index >= 15 is 0 Å². The molecule has 1 heterocycles. The number of carboxylic acid groups (broad SMARTS) is 1. The lowest BCUT2D eigenvalue weighted by atomic mass is 9.82. The van der Waals surface area contributed by atoms with E-state index in [4.69, 9.17) is 5.11 Å². The number of unbranched alkanes of at least 4 members (excludes halogenated alkanes) is 1. The Morgan fingerprint density at radius 1 is 1.32 bits per heavy atom. The topological polar surface area (TPSA) is 74.7 Å². The van der Waals surface area contributed by atoms with Gasteiger partial charge in [0, 0.05) is 12.0 Å². The zero-order valence-corrected chi connectivity index (χ0v) is 11.9. The molecule has 0 aromatic heterocycles. The molecule has 1 amide bonds. The van der Waals surface area contributed by atoms with E-state index in [1.165, 1.54) is 4.90 Å². The predicted molar refractivity (Wildman–Crippen MR) is 70.7 cm³/mol. The summed E-state index contributed by atoms with van der Waals surface area (Å²) in [4.78, 5) is 36.7. The second-order valence-corrected chi connectivity index (χ2v) is 5.81. The van der Waals surface area contributed by atoms with Crippen molar-refractivity contribution >= 4 is 17.7 Å². The minimum absolute atomic E-state index is 0.366. The third-order valence-corrected chi connectivity index (χ3v) is 3.76. The second-order valence-electron chi connectivity index (χ2n) is 5.81. The second kappa shape index (κ2) is 6.17. The summed E-state index contributed by atoms with van der Waals surface area (Å²) in [6, 6.07) is -0.835. The number of hydrogen-bond donors (Lipinski definition) is 1. The van der Waals surface area contributed by atoms with Gasteiger partial charge in [-0.25, -0.2) is 4.79 Å². The largest absolute Gasteiger partial charge is 0.480 e. The Hall–Kier alpha value is -1.39. The minimum atomic E-state index is -1.02. The highest BCUT2D eigenvalue weighted by Gasteiger charge is 2.41. The van der Waals surface area contributed by atoms with E-state index in [1.54, 1.807) is 13.8 Å². The first-order valence-electron chi connectivity index (χ1n) is 6.89. The number of Topliss-reactive ketones (excluding diaryl/α,β-unsaturated/α-hetero) is 1. The van der Waals surface area contributed by atoms with Crippen molar-refractivity contribution in [2.24, 2.45) is 5.41 Å². The quantitative estimate of drug-likeness (QED) is 0.747. The van der Waals surface area contributed by atoms with E-state index in [2.05, 4.69) is 0 Å². The van der Waals surface area contributed by atoms with Crippen LogP contribution in [0.5, 0.6) is 0 Å². The molecule has 1 atom stereocenters. The van der Waals surface area contributed by atoms with Crippen LogP contribution in [0.4, 0.5) is 0 Å². The molecule has 0 radical (unpaired) electrons. The van der Waals surface area contributed by atoms with Gasteiger partial charge in [-0.3, -0.25) is 9.59 Å². The van der Waals surface area contributed by atoms with E-state index in [1.807, 2.05) is 6.92 Å². The van der Waals surface area contributed by atoms with Crippen molar-refractivity contribution in [3.63, 3.8) is 0 Å². The molecule has 0 aliphatic carbocycles. The molecule has 0 spiro atoms. The molecule has 1 N–H and O–H groups in total. The van der Waals surface area contributed by atoms with Crippen molar-refractivity contribution in [1.29, 1.82) is 0 Å². The maximum absolute atomic E-state index is 12.2. The SMILES string of the molecule is CCCCC(C)(C)C(=O)C(=O)N1CCCC1C(=O)O. The number of likely N-dealkylation sites (tertiary alicyclic amines) is 1. The molecular formula is C14H23NO4. The summed E-state index contributed by atoms with van der Waals surface area (Å²) in [7, 11) is 0. The molecule has 0 aromatic rings. The molecule has 0 saturated carbocycles. The molecule has 0 bridgehead atoms. The van der Waals surface area contributed by atoms with Crippen LogP contribution in [-0.4, -0.2) is 40.3 Å². The molecule has 19 heavy (non-hydrogen) atoms. The third kappa shape index (κ3) is 3.55. The lowest BCUT2D eigenvalue weighted by Gasteiger charge is -2.27. The van der Waals surface area contributed by atoms with Crippen molar-refractivity contribution in [3.8, 4) is 0 Å². The van der Waals surface area contributed by atoms with Crippen molar-refractivity contribution in [3.05, 3.63) is 0 Å². The Labute approximate surface area is 114 Å². The highest BCUT2D eigenvalue weighted by atomic mass is 16.4. The van der Waals surface area contributed by atoms with E-state index in [9.17, 15) is 14.4 Å². The first kappa shape index (κ1) is 15.7. The summed E-state index contributed by atoms with van der Waals surface area (Å²) in [5.74, 6) is -2.12. The van der Waals surface area contributed by atoms with Gasteiger partial charge >= 0.3 is 5.97 Å². The van der Waals surface area contributed by atoms with Crippen molar-refractivity contribution in [2.45, 2.75) is 58.9 Å². The molecule has 1 fully saturated rings. The van der Waals surface area contributed by atoms with Crippen LogP contribution < -0.4 is 0 Å². The number of carboxylic acids is 1. The van der Waals surface area contributed by atoms with Gasteiger partial charge in [-0.15, -0.1) is 0 Å². The van der Waals surface area contributed by atoms with Crippen LogP contribution >= 0.6 is 0 Å². The van der Waals surface area contributed by atoms with Gasteiger partial charge in [0.2, 0.25) is 5.78 Å². The smallest absolute Gasteiger partial charge is 0.326 e. The first-order chi connectivity index (χ1) is 8.81. The maximum Gasteiger partial charge on any atom is 0.326 e. The third-order valence-electron chi connectivity index (χ3n) is 3.76. The van der Waals surface area contributed by atoms with E-state index in [-0.39, 0.29) is 0 Å². The zero-order valence-electron chi connectivity index (χ0n) is 11.9. The average molecular weight is 269 g/mol. The van der Waals surface area contributed by atoms with Crippen LogP contribution in [0.15, 0.2) is 0 Å². The Morgan fingerprint density at radius 2 is 1.95 bits per heavy atom. The number of amides is 1. The fraction of sp³-hybridized carbons (Fsp3) is 0.786. The number of ketones is 1. The summed E-state index contributed by atoms with van der Waals surface area (Å²) >= 11 is 0. The van der Waals surface area contributed by atoms with Gasteiger partial charge in [-0.05, 0) is 19.3 Å². The van der Waals surface area contributed by atoms with Gasteiger partial charge in [0.15, 0.2) is 0 Å². The summed E-state index contributed by atoms with van der Waals surface area (Å²) in [6.07, 6.45) is 3.58. The van der Waals surface area contributed by atoms with Crippen LogP contribution in [0, 0.1) is 5.41 Å². The molecule has 0 aromatic carbocycles. The predicted octanol–water partition coefficient (Wildman–Crippen LogP) is 1.85. The van der Waals surface area contributed by atoms with Gasteiger partial charge in [0.05, 0.1) is 0 Å². The number of hydrogen-bond acceptors (Lipinski definition) is 3. The summed E-state index contributed by atoms with van der Waals surface area (Å²) in [5, 5.41) is 9.05. The lowest BCUT2D eigenvalue weighted by molar-refractivity contribution is -0.154. The van der Waals surface area contributed by atoms with Crippen molar-refractivity contribution < 1.29 is 19.5 Å². The molecule has 5 heteroatoms. The highest BCUT2D eigenvalue weighted by molar-refractivity contribution is 6.38. The molecule has 108 valence electrons. The molecule has 1 unspecified atom stereocenters. The fourth-order valence-corrected chi connectivity index (χ4v) is 2.42. The molecule has 1 aliphatic rings. The summed E-state index contributed by atoms with van der Waals surface area (Å²) in [5.41, 5.74) is -0.710.